The van der Waals surface area contributed by atoms with Crippen molar-refractivity contribution in [1.29, 1.82) is 0 Å². The van der Waals surface area contributed by atoms with Crippen molar-refractivity contribution in [2.75, 3.05) is 10.0 Å². The molecule has 5 rings (SSSR count). The highest BCUT2D eigenvalue weighted by Crippen LogP contribution is 2.31. The molecule has 8 nitrogen and oxygen atoms in total. The van der Waals surface area contributed by atoms with Crippen molar-refractivity contribution >= 4 is 44.2 Å². The number of aromatic nitrogens is 3. The lowest BCUT2D eigenvalue weighted by Gasteiger charge is -2.26. The summed E-state index contributed by atoms with van der Waals surface area (Å²) < 4.78 is 28.6. The molecular weight excluding hydrogens is 532 g/mol. The Labute approximate surface area is 234 Å². The molecule has 39 heavy (non-hydrogen) atoms. The van der Waals surface area contributed by atoms with Crippen LogP contribution >= 0.6 is 11.6 Å². The number of hydrogen-bond donors (Lipinski definition) is 3. The number of nitrogens with two attached hydrogens (primary N) is 1. The van der Waals surface area contributed by atoms with E-state index in [2.05, 4.69) is 33.0 Å². The Bertz CT molecular complexity index is 1600. The van der Waals surface area contributed by atoms with Crippen LogP contribution in [-0.2, 0) is 22.9 Å². The fourth-order valence-corrected chi connectivity index (χ4v) is 6.66. The van der Waals surface area contributed by atoms with Crippen LogP contribution in [0.3, 0.4) is 0 Å². The van der Waals surface area contributed by atoms with Crippen LogP contribution in [0.25, 0.3) is 22.2 Å². The van der Waals surface area contributed by atoms with E-state index < -0.39 is 10.0 Å². The molecule has 10 heteroatoms. The number of hydrogen-bond acceptors (Lipinski definition) is 7. The molecular formula is C29H33ClN6O2S. The first-order valence-corrected chi connectivity index (χ1v) is 15.2. The number of pyridine rings is 1. The van der Waals surface area contributed by atoms with Crippen molar-refractivity contribution in [1.82, 2.24) is 15.0 Å². The molecule has 1 aliphatic carbocycles. The maximum Gasteiger partial charge on any atom is 0.263 e. The minimum absolute atomic E-state index is 0.0285. The summed E-state index contributed by atoms with van der Waals surface area (Å²) in [5.74, 6) is 0.645. The lowest BCUT2D eigenvalue weighted by atomic mass is 9.92. The maximum atomic E-state index is 13.0. The topological polar surface area (TPSA) is 123 Å². The van der Waals surface area contributed by atoms with Gasteiger partial charge in [0.2, 0.25) is 5.95 Å². The van der Waals surface area contributed by atoms with Crippen LogP contribution in [0.5, 0.6) is 0 Å². The molecule has 0 amide bonds. The van der Waals surface area contributed by atoms with E-state index in [1.54, 1.807) is 24.4 Å². The smallest absolute Gasteiger partial charge is 0.263 e. The molecule has 0 atom stereocenters. The summed E-state index contributed by atoms with van der Waals surface area (Å²) in [5, 5.41) is 4.59. The number of halogens is 1. The van der Waals surface area contributed by atoms with Crippen molar-refractivity contribution in [2.45, 2.75) is 69.4 Å². The molecule has 0 spiro atoms. The summed E-state index contributed by atoms with van der Waals surface area (Å²) in [6, 6.07) is 13.1. The maximum absolute atomic E-state index is 13.0. The first-order chi connectivity index (χ1) is 18.8. The number of fused-ring (bicyclic) bond motifs is 1. The molecule has 4 aromatic rings. The van der Waals surface area contributed by atoms with E-state index in [9.17, 15) is 8.42 Å². The summed E-state index contributed by atoms with van der Waals surface area (Å²) in [6.45, 7) is 4.08. The van der Waals surface area contributed by atoms with Gasteiger partial charge in [0, 0.05) is 29.2 Å². The third-order valence-corrected chi connectivity index (χ3v) is 9.15. The van der Waals surface area contributed by atoms with Gasteiger partial charge in [-0.3, -0.25) is 9.71 Å². The van der Waals surface area contributed by atoms with E-state index in [-0.39, 0.29) is 9.92 Å². The molecule has 1 saturated carbocycles. The van der Waals surface area contributed by atoms with E-state index in [1.807, 2.05) is 25.3 Å². The molecule has 1 fully saturated rings. The number of aryl methyl sites for hydroxylation is 2. The minimum atomic E-state index is -3.86. The van der Waals surface area contributed by atoms with E-state index in [0.717, 1.165) is 65.4 Å². The zero-order valence-corrected chi connectivity index (χ0v) is 23.7. The molecule has 204 valence electrons. The van der Waals surface area contributed by atoms with Gasteiger partial charge < -0.3 is 11.1 Å². The Morgan fingerprint density at radius 1 is 0.974 bits per heavy atom. The standard InChI is InChI=1S/C29H33ClN6O2S/c1-3-18-15-25(32-17-26(18)36-39(37,38)27-8-6-5-7-24(27)30)20-13-19(4-2)28-21(14-20)16-33-29(35-28)34-23-11-9-22(31)10-12-23/h5-8,13-17,22-23,36H,3-4,9-12,31H2,1-2H3,(H,33,34,35). The Kier molecular flexibility index (Phi) is 8.02. The van der Waals surface area contributed by atoms with Crippen molar-refractivity contribution in [3.05, 3.63) is 71.0 Å². The van der Waals surface area contributed by atoms with Gasteiger partial charge in [-0.15, -0.1) is 0 Å². The predicted octanol–water partition coefficient (Wildman–Crippen LogP) is 5.95. The third-order valence-electron chi connectivity index (χ3n) is 7.28. The van der Waals surface area contributed by atoms with Crippen LogP contribution in [0.15, 0.2) is 59.8 Å². The minimum Gasteiger partial charge on any atom is -0.351 e. The highest BCUT2D eigenvalue weighted by Gasteiger charge is 2.21. The van der Waals surface area contributed by atoms with Gasteiger partial charge in [-0.2, -0.15) is 0 Å². The van der Waals surface area contributed by atoms with Gasteiger partial charge >= 0.3 is 0 Å². The number of anilines is 2. The summed E-state index contributed by atoms with van der Waals surface area (Å²) in [4.78, 5) is 14.1. The number of sulfonamides is 1. The second-order valence-corrected chi connectivity index (χ2v) is 12.1. The molecule has 2 heterocycles. The zero-order valence-electron chi connectivity index (χ0n) is 22.1. The van der Waals surface area contributed by atoms with E-state index in [4.69, 9.17) is 22.3 Å². The summed E-state index contributed by atoms with van der Waals surface area (Å²) in [7, 11) is -3.86. The Balaban J connectivity index is 1.43. The van der Waals surface area contributed by atoms with Crippen LogP contribution in [0, 0.1) is 0 Å². The average Bonchev–Trinajstić information content (AvgIpc) is 2.94. The van der Waals surface area contributed by atoms with Crippen LogP contribution in [0.4, 0.5) is 11.6 Å². The Morgan fingerprint density at radius 2 is 1.72 bits per heavy atom. The SMILES string of the molecule is CCc1cc(-c2cc(CC)c3nc(NC4CCC(N)CC4)ncc3c2)ncc1NS(=O)(=O)c1ccccc1Cl. The summed E-state index contributed by atoms with van der Waals surface area (Å²) >= 11 is 6.14. The van der Waals surface area contributed by atoms with Crippen LogP contribution < -0.4 is 15.8 Å². The van der Waals surface area contributed by atoms with E-state index in [1.165, 1.54) is 6.07 Å². The zero-order chi connectivity index (χ0) is 27.6. The van der Waals surface area contributed by atoms with Gasteiger partial charge in [0.15, 0.2) is 0 Å². The molecule has 2 aromatic heterocycles. The number of nitrogens with one attached hydrogen (secondary N) is 2. The van der Waals surface area contributed by atoms with Crippen LogP contribution in [0.1, 0.15) is 50.7 Å². The lowest BCUT2D eigenvalue weighted by molar-refractivity contribution is 0.410. The molecule has 0 radical (unpaired) electrons. The Morgan fingerprint density at radius 3 is 2.44 bits per heavy atom. The van der Waals surface area contributed by atoms with Crippen molar-refractivity contribution < 1.29 is 8.42 Å². The van der Waals surface area contributed by atoms with Gasteiger partial charge in [-0.1, -0.05) is 37.6 Å². The van der Waals surface area contributed by atoms with Crippen molar-refractivity contribution in [2.24, 2.45) is 5.73 Å². The molecule has 0 aliphatic heterocycles. The normalized spacial score (nSPS) is 17.7. The van der Waals surface area contributed by atoms with E-state index in [0.29, 0.717) is 30.1 Å². The van der Waals surface area contributed by atoms with Gasteiger partial charge in [0.05, 0.1) is 28.1 Å². The van der Waals surface area contributed by atoms with Crippen molar-refractivity contribution in [3.63, 3.8) is 0 Å². The van der Waals surface area contributed by atoms with Crippen LogP contribution in [-0.4, -0.2) is 35.5 Å². The number of rotatable bonds is 8. The molecule has 4 N–H and O–H groups in total. The number of nitrogens with zero attached hydrogens (tertiary/aromatic N) is 3. The van der Waals surface area contributed by atoms with Gasteiger partial charge in [0.1, 0.15) is 4.90 Å². The highest BCUT2D eigenvalue weighted by molar-refractivity contribution is 7.92. The fraction of sp³-hybridized carbons (Fsp3) is 0.345. The van der Waals surface area contributed by atoms with Gasteiger partial charge in [-0.05, 0) is 80.0 Å². The second-order valence-electron chi connectivity index (χ2n) is 9.99. The first-order valence-electron chi connectivity index (χ1n) is 13.4. The van der Waals surface area contributed by atoms with Gasteiger partial charge in [-0.25, -0.2) is 18.4 Å². The third kappa shape index (κ3) is 6.00. The highest BCUT2D eigenvalue weighted by atomic mass is 35.5. The van der Waals surface area contributed by atoms with E-state index >= 15 is 0 Å². The molecule has 2 aromatic carbocycles. The second kappa shape index (κ2) is 11.5. The quantitative estimate of drug-likeness (QED) is 0.241. The Hall–Kier alpha value is -3.27. The molecule has 0 saturated heterocycles. The lowest BCUT2D eigenvalue weighted by Crippen LogP contribution is -2.33. The monoisotopic (exact) mass is 564 g/mol. The van der Waals surface area contributed by atoms with Crippen molar-refractivity contribution in [3.8, 4) is 11.3 Å². The molecule has 0 unspecified atom stereocenters. The summed E-state index contributed by atoms with van der Waals surface area (Å²) in [6.07, 6.45) is 8.93. The van der Waals surface area contributed by atoms with Gasteiger partial charge in [0.25, 0.3) is 10.0 Å². The molecule has 0 bridgehead atoms. The number of benzene rings is 2. The average molecular weight is 565 g/mol. The predicted molar refractivity (Wildman–Crippen MR) is 158 cm³/mol. The van der Waals surface area contributed by atoms with Crippen LogP contribution in [0.2, 0.25) is 5.02 Å². The summed E-state index contributed by atoms with van der Waals surface area (Å²) in [5.41, 5.74) is 11.0. The largest absolute Gasteiger partial charge is 0.351 e. The first kappa shape index (κ1) is 27.3. The fourth-order valence-electron chi connectivity index (χ4n) is 5.05. The molecule has 1 aliphatic rings.